The van der Waals surface area contributed by atoms with Crippen molar-refractivity contribution < 1.29 is 9.47 Å². The van der Waals surface area contributed by atoms with Gasteiger partial charge in [-0.25, -0.2) is 0 Å². The number of hydrogen-bond acceptors (Lipinski definition) is 3. The van der Waals surface area contributed by atoms with E-state index >= 15 is 0 Å². The summed E-state index contributed by atoms with van der Waals surface area (Å²) in [5.41, 5.74) is 2.35. The monoisotopic (exact) mass is 263 g/mol. The molecule has 0 radical (unpaired) electrons. The van der Waals surface area contributed by atoms with E-state index in [1.165, 1.54) is 5.56 Å². The Kier molecular flexibility index (Phi) is 6.43. The number of nitrogens with one attached hydrogen (secondary N) is 1. The molecule has 3 nitrogen and oxygen atoms in total. The summed E-state index contributed by atoms with van der Waals surface area (Å²) in [6.45, 7) is 11.2. The Balaban J connectivity index is 3.01. The normalized spacial score (nSPS) is 12.0. The average Bonchev–Trinajstić information content (AvgIpc) is 2.38. The van der Waals surface area contributed by atoms with Gasteiger partial charge in [-0.05, 0) is 51.9 Å². The van der Waals surface area contributed by atoms with E-state index in [1.807, 2.05) is 33.9 Å². The molecule has 0 aliphatic heterocycles. The van der Waals surface area contributed by atoms with Gasteiger partial charge in [0.15, 0.2) is 11.5 Å². The van der Waals surface area contributed by atoms with Crippen LogP contribution in [0.3, 0.4) is 0 Å². The largest absolute Gasteiger partial charge is 0.490 e. The predicted molar refractivity (Wildman–Crippen MR) is 80.0 cm³/mol. The molecule has 1 aromatic carbocycles. The molecule has 0 aliphatic carbocycles. The van der Waals surface area contributed by atoms with Crippen molar-refractivity contribution in [2.75, 3.05) is 20.3 Å². The molecule has 0 fully saturated rings. The molecule has 106 valence electrons. The van der Waals surface area contributed by atoms with Crippen LogP contribution in [-0.4, -0.2) is 20.3 Å². The molecule has 1 aromatic rings. The van der Waals surface area contributed by atoms with Gasteiger partial charge in [0, 0.05) is 6.04 Å². The molecule has 0 aromatic heterocycles. The van der Waals surface area contributed by atoms with E-state index in [-0.39, 0.29) is 6.04 Å². The lowest BCUT2D eigenvalue weighted by Crippen LogP contribution is -2.16. The summed E-state index contributed by atoms with van der Waals surface area (Å²) in [5.74, 6) is 1.61. The van der Waals surface area contributed by atoms with Crippen LogP contribution in [0.4, 0.5) is 0 Å². The zero-order chi connectivity index (χ0) is 14.3. The van der Waals surface area contributed by atoms with Crippen LogP contribution in [0.15, 0.2) is 30.4 Å². The first-order valence-electron chi connectivity index (χ1n) is 6.83. The van der Waals surface area contributed by atoms with Crippen LogP contribution < -0.4 is 14.8 Å². The van der Waals surface area contributed by atoms with Crippen molar-refractivity contribution in [1.82, 2.24) is 5.32 Å². The third-order valence-corrected chi connectivity index (χ3v) is 2.87. The fourth-order valence-corrected chi connectivity index (χ4v) is 2.02. The van der Waals surface area contributed by atoms with Crippen molar-refractivity contribution in [2.45, 2.75) is 33.2 Å². The minimum absolute atomic E-state index is 0.257. The highest BCUT2D eigenvalue weighted by Crippen LogP contribution is 2.32. The summed E-state index contributed by atoms with van der Waals surface area (Å²) < 4.78 is 11.2. The Morgan fingerprint density at radius 1 is 1.21 bits per heavy atom. The van der Waals surface area contributed by atoms with Crippen molar-refractivity contribution in [1.29, 1.82) is 0 Å². The van der Waals surface area contributed by atoms with Crippen LogP contribution in [0.5, 0.6) is 11.5 Å². The first-order valence-corrected chi connectivity index (χ1v) is 6.83. The number of hydrogen-bond donors (Lipinski definition) is 1. The zero-order valence-corrected chi connectivity index (χ0v) is 12.5. The van der Waals surface area contributed by atoms with Gasteiger partial charge in [0.05, 0.1) is 13.2 Å². The van der Waals surface area contributed by atoms with E-state index in [4.69, 9.17) is 9.47 Å². The topological polar surface area (TPSA) is 30.5 Å². The molecule has 0 aliphatic rings. The zero-order valence-electron chi connectivity index (χ0n) is 12.5. The van der Waals surface area contributed by atoms with E-state index in [2.05, 4.69) is 24.0 Å². The van der Waals surface area contributed by atoms with Gasteiger partial charge >= 0.3 is 0 Å². The van der Waals surface area contributed by atoms with Gasteiger partial charge in [-0.1, -0.05) is 11.6 Å². The maximum absolute atomic E-state index is 5.65. The van der Waals surface area contributed by atoms with Crippen molar-refractivity contribution in [3.05, 3.63) is 35.9 Å². The minimum Gasteiger partial charge on any atom is -0.490 e. The molecule has 0 heterocycles. The molecule has 3 heteroatoms. The molecule has 1 N–H and O–H groups in total. The highest BCUT2D eigenvalue weighted by Gasteiger charge is 2.13. The van der Waals surface area contributed by atoms with Crippen molar-refractivity contribution >= 4 is 0 Å². The summed E-state index contributed by atoms with van der Waals surface area (Å²) in [7, 11) is 1.96. The van der Waals surface area contributed by atoms with Crippen LogP contribution in [0.1, 0.15) is 38.8 Å². The minimum atomic E-state index is 0.257. The molecule has 0 bridgehead atoms. The summed E-state index contributed by atoms with van der Waals surface area (Å²) in [5, 5.41) is 3.31. The number of rotatable bonds is 8. The molecular formula is C16H25NO2. The first-order chi connectivity index (χ1) is 9.12. The van der Waals surface area contributed by atoms with Gasteiger partial charge in [-0.3, -0.25) is 0 Å². The fourth-order valence-electron chi connectivity index (χ4n) is 2.02. The van der Waals surface area contributed by atoms with E-state index in [0.717, 1.165) is 23.5 Å². The van der Waals surface area contributed by atoms with Crippen LogP contribution in [0, 0.1) is 0 Å². The second kappa shape index (κ2) is 7.85. The molecule has 1 rings (SSSR count). The Labute approximate surface area is 116 Å². The third-order valence-electron chi connectivity index (χ3n) is 2.87. The van der Waals surface area contributed by atoms with Crippen LogP contribution in [-0.2, 0) is 0 Å². The van der Waals surface area contributed by atoms with Crippen molar-refractivity contribution in [2.24, 2.45) is 0 Å². The van der Waals surface area contributed by atoms with Gasteiger partial charge < -0.3 is 14.8 Å². The summed E-state index contributed by atoms with van der Waals surface area (Å²) in [4.78, 5) is 0. The molecule has 19 heavy (non-hydrogen) atoms. The molecule has 0 saturated heterocycles. The van der Waals surface area contributed by atoms with Gasteiger partial charge in [0.1, 0.15) is 0 Å². The lowest BCUT2D eigenvalue weighted by Gasteiger charge is -2.19. The van der Waals surface area contributed by atoms with Gasteiger partial charge in [0.25, 0.3) is 0 Å². The Bertz CT molecular complexity index is 415. The Hall–Kier alpha value is -1.48. The molecule has 0 spiro atoms. The lowest BCUT2D eigenvalue weighted by atomic mass is 10.00. The Morgan fingerprint density at radius 2 is 1.84 bits per heavy atom. The smallest absolute Gasteiger partial charge is 0.161 e. The van der Waals surface area contributed by atoms with E-state index < -0.39 is 0 Å². The van der Waals surface area contributed by atoms with Crippen molar-refractivity contribution in [3.63, 3.8) is 0 Å². The lowest BCUT2D eigenvalue weighted by molar-refractivity contribution is 0.287. The van der Waals surface area contributed by atoms with Crippen LogP contribution in [0.2, 0.25) is 0 Å². The Morgan fingerprint density at radius 3 is 2.37 bits per heavy atom. The summed E-state index contributed by atoms with van der Waals surface area (Å²) in [6.07, 6.45) is 0.913. The highest BCUT2D eigenvalue weighted by atomic mass is 16.5. The first kappa shape index (κ1) is 15.6. The number of ether oxygens (including phenoxy) is 2. The van der Waals surface area contributed by atoms with Gasteiger partial charge in [-0.2, -0.15) is 0 Å². The maximum Gasteiger partial charge on any atom is 0.161 e. The standard InChI is InChI=1S/C16H25NO2/c1-6-18-15-9-8-13(11-16(15)19-7-2)14(17-5)10-12(3)4/h8-9,11,14,17H,3,6-7,10H2,1-2,4-5H3. The van der Waals surface area contributed by atoms with E-state index in [1.54, 1.807) is 0 Å². The molecule has 0 saturated carbocycles. The van der Waals surface area contributed by atoms with E-state index in [0.29, 0.717) is 13.2 Å². The molecule has 0 amide bonds. The molecule has 1 atom stereocenters. The number of benzene rings is 1. The van der Waals surface area contributed by atoms with E-state index in [9.17, 15) is 0 Å². The average molecular weight is 263 g/mol. The predicted octanol–water partition coefficient (Wildman–Crippen LogP) is 3.71. The fraction of sp³-hybridized carbons (Fsp3) is 0.500. The summed E-state index contributed by atoms with van der Waals surface area (Å²) >= 11 is 0. The van der Waals surface area contributed by atoms with Crippen molar-refractivity contribution in [3.8, 4) is 11.5 Å². The van der Waals surface area contributed by atoms with Crippen LogP contribution >= 0.6 is 0 Å². The SMILES string of the molecule is C=C(C)CC(NC)c1ccc(OCC)c(OCC)c1. The van der Waals surface area contributed by atoms with Gasteiger partial charge in [0.2, 0.25) is 0 Å². The second-order valence-corrected chi connectivity index (χ2v) is 4.57. The second-order valence-electron chi connectivity index (χ2n) is 4.57. The van der Waals surface area contributed by atoms with Crippen LogP contribution in [0.25, 0.3) is 0 Å². The summed E-state index contributed by atoms with van der Waals surface area (Å²) in [6, 6.07) is 6.37. The third kappa shape index (κ3) is 4.60. The quantitative estimate of drug-likeness (QED) is 0.725. The molecule has 1 unspecified atom stereocenters. The molecular weight excluding hydrogens is 238 g/mol. The highest BCUT2D eigenvalue weighted by molar-refractivity contribution is 5.44. The van der Waals surface area contributed by atoms with Gasteiger partial charge in [-0.15, -0.1) is 6.58 Å². The maximum atomic E-state index is 5.65.